The molecule has 0 aromatic rings. The number of likely N-dealkylation sites (tertiary alicyclic amines) is 1. The average molecular weight is 200 g/mol. The molecule has 0 amide bonds. The Morgan fingerprint density at radius 3 is 2.43 bits per heavy atom. The zero-order chi connectivity index (χ0) is 9.97. The van der Waals surface area contributed by atoms with Gasteiger partial charge in [-0.05, 0) is 18.8 Å². The second kappa shape index (κ2) is 4.55. The zero-order valence-electron chi connectivity index (χ0n) is 8.56. The number of nitrogens with two attached hydrogens (primary N) is 2. The van der Waals surface area contributed by atoms with Crippen molar-refractivity contribution in [2.24, 2.45) is 17.7 Å². The van der Waals surface area contributed by atoms with Crippen LogP contribution in [0.25, 0.3) is 0 Å². The van der Waals surface area contributed by atoms with Gasteiger partial charge in [0.2, 0.25) is 0 Å². The van der Waals surface area contributed by atoms with E-state index in [1.165, 1.54) is 19.4 Å². The predicted octanol–water partition coefficient (Wildman–Crippen LogP) is -0.853. The third-order valence-electron chi connectivity index (χ3n) is 3.28. The van der Waals surface area contributed by atoms with Crippen molar-refractivity contribution in [3.05, 3.63) is 0 Å². The molecule has 0 bridgehead atoms. The minimum Gasteiger partial charge on any atom is -0.299 e. The molecular formula is C9H20N4O. The van der Waals surface area contributed by atoms with E-state index >= 15 is 0 Å². The van der Waals surface area contributed by atoms with E-state index in [1.807, 2.05) is 5.01 Å². The van der Waals surface area contributed by atoms with E-state index < -0.39 is 0 Å². The topological polar surface area (TPSA) is 67.8 Å². The van der Waals surface area contributed by atoms with Gasteiger partial charge in [-0.25, -0.2) is 10.9 Å². The minimum atomic E-state index is 0.268. The van der Waals surface area contributed by atoms with Gasteiger partial charge in [-0.3, -0.25) is 15.6 Å². The fourth-order valence-corrected chi connectivity index (χ4v) is 2.26. The SMILES string of the molecule is NOC1CN(CC2CCN(N)CC2)C1. The van der Waals surface area contributed by atoms with Crippen molar-refractivity contribution in [1.82, 2.24) is 9.91 Å². The van der Waals surface area contributed by atoms with Gasteiger partial charge in [-0.15, -0.1) is 0 Å². The number of nitrogens with zero attached hydrogens (tertiary/aromatic N) is 2. The van der Waals surface area contributed by atoms with Gasteiger partial charge in [0.1, 0.15) is 6.10 Å². The summed E-state index contributed by atoms with van der Waals surface area (Å²) in [5, 5.41) is 1.92. The Morgan fingerprint density at radius 2 is 1.86 bits per heavy atom. The molecule has 0 aromatic heterocycles. The first-order valence-corrected chi connectivity index (χ1v) is 5.35. The first kappa shape index (κ1) is 10.3. The number of hydrogen-bond acceptors (Lipinski definition) is 5. The first-order valence-electron chi connectivity index (χ1n) is 5.35. The molecule has 5 nitrogen and oxygen atoms in total. The van der Waals surface area contributed by atoms with Crippen molar-refractivity contribution in [2.45, 2.75) is 18.9 Å². The highest BCUT2D eigenvalue weighted by molar-refractivity contribution is 4.83. The molecule has 0 aromatic carbocycles. The minimum absolute atomic E-state index is 0.268. The van der Waals surface area contributed by atoms with Crippen LogP contribution in [0.5, 0.6) is 0 Å². The van der Waals surface area contributed by atoms with Crippen molar-refractivity contribution < 1.29 is 4.84 Å². The summed E-state index contributed by atoms with van der Waals surface area (Å²) in [5.41, 5.74) is 0. The zero-order valence-corrected chi connectivity index (χ0v) is 8.56. The van der Waals surface area contributed by atoms with E-state index in [9.17, 15) is 0 Å². The molecule has 2 fully saturated rings. The number of hydrogen-bond donors (Lipinski definition) is 2. The van der Waals surface area contributed by atoms with Crippen molar-refractivity contribution in [3.8, 4) is 0 Å². The van der Waals surface area contributed by atoms with Gasteiger partial charge in [0.15, 0.2) is 0 Å². The lowest BCUT2D eigenvalue weighted by atomic mass is 9.95. The molecule has 0 atom stereocenters. The molecule has 2 aliphatic rings. The van der Waals surface area contributed by atoms with E-state index in [2.05, 4.69) is 4.90 Å². The second-order valence-corrected chi connectivity index (χ2v) is 4.46. The molecule has 2 heterocycles. The van der Waals surface area contributed by atoms with Crippen LogP contribution >= 0.6 is 0 Å². The number of hydrazine groups is 1. The van der Waals surface area contributed by atoms with Crippen molar-refractivity contribution in [2.75, 3.05) is 32.7 Å². The van der Waals surface area contributed by atoms with Gasteiger partial charge in [0.05, 0.1) is 0 Å². The molecule has 0 unspecified atom stereocenters. The second-order valence-electron chi connectivity index (χ2n) is 4.46. The Bertz CT molecular complexity index is 176. The van der Waals surface area contributed by atoms with E-state index in [4.69, 9.17) is 16.6 Å². The Balaban J connectivity index is 1.62. The van der Waals surface area contributed by atoms with E-state index in [0.717, 1.165) is 32.1 Å². The van der Waals surface area contributed by atoms with Gasteiger partial charge in [0, 0.05) is 32.7 Å². The quantitative estimate of drug-likeness (QED) is 0.459. The fraction of sp³-hybridized carbons (Fsp3) is 1.00. The molecular weight excluding hydrogens is 180 g/mol. The normalized spacial score (nSPS) is 27.9. The number of rotatable bonds is 3. The number of piperidine rings is 1. The fourth-order valence-electron chi connectivity index (χ4n) is 2.26. The van der Waals surface area contributed by atoms with Crippen LogP contribution in [0.2, 0.25) is 0 Å². The Labute approximate surface area is 84.9 Å². The third-order valence-corrected chi connectivity index (χ3v) is 3.28. The van der Waals surface area contributed by atoms with Crippen LogP contribution in [0.4, 0.5) is 0 Å². The molecule has 0 aliphatic carbocycles. The van der Waals surface area contributed by atoms with Gasteiger partial charge in [-0.2, -0.15) is 0 Å². The summed E-state index contributed by atoms with van der Waals surface area (Å²) in [4.78, 5) is 7.16. The molecule has 2 aliphatic heterocycles. The van der Waals surface area contributed by atoms with Gasteiger partial charge in [0.25, 0.3) is 0 Å². The average Bonchev–Trinajstić information content (AvgIpc) is 2.13. The van der Waals surface area contributed by atoms with Crippen molar-refractivity contribution >= 4 is 0 Å². The maximum atomic E-state index is 5.70. The Hall–Kier alpha value is -0.200. The van der Waals surface area contributed by atoms with Gasteiger partial charge < -0.3 is 0 Å². The van der Waals surface area contributed by atoms with Crippen LogP contribution in [0.15, 0.2) is 0 Å². The lowest BCUT2D eigenvalue weighted by Crippen LogP contribution is -2.55. The van der Waals surface area contributed by atoms with Crippen molar-refractivity contribution in [3.63, 3.8) is 0 Å². The predicted molar refractivity (Wildman–Crippen MR) is 54.0 cm³/mol. The van der Waals surface area contributed by atoms with Crippen LogP contribution in [0, 0.1) is 5.92 Å². The van der Waals surface area contributed by atoms with E-state index in [-0.39, 0.29) is 6.10 Å². The molecule has 2 rings (SSSR count). The molecule has 2 saturated heterocycles. The maximum absolute atomic E-state index is 5.70. The van der Waals surface area contributed by atoms with Crippen LogP contribution < -0.4 is 11.7 Å². The van der Waals surface area contributed by atoms with E-state index in [1.54, 1.807) is 0 Å². The maximum Gasteiger partial charge on any atom is 0.104 e. The monoisotopic (exact) mass is 200 g/mol. The molecule has 14 heavy (non-hydrogen) atoms. The summed E-state index contributed by atoms with van der Waals surface area (Å²) in [5.74, 6) is 11.6. The third kappa shape index (κ3) is 2.43. The van der Waals surface area contributed by atoms with Crippen molar-refractivity contribution in [1.29, 1.82) is 0 Å². The standard InChI is InChI=1S/C9H20N4O/c10-13-3-1-8(2-4-13)5-12-6-9(7-12)14-11/h8-9H,1-7,10-11H2. The molecule has 0 radical (unpaired) electrons. The summed E-state index contributed by atoms with van der Waals surface area (Å²) < 4.78 is 0. The molecule has 0 spiro atoms. The highest BCUT2D eigenvalue weighted by Gasteiger charge is 2.29. The summed E-state index contributed by atoms with van der Waals surface area (Å²) in [7, 11) is 0. The largest absolute Gasteiger partial charge is 0.299 e. The summed E-state index contributed by atoms with van der Waals surface area (Å²) in [6.07, 6.45) is 2.71. The van der Waals surface area contributed by atoms with Crippen LogP contribution in [0.3, 0.4) is 0 Å². The van der Waals surface area contributed by atoms with Gasteiger partial charge in [-0.1, -0.05) is 0 Å². The van der Waals surface area contributed by atoms with Crippen LogP contribution in [-0.4, -0.2) is 48.7 Å². The van der Waals surface area contributed by atoms with Crippen LogP contribution in [0.1, 0.15) is 12.8 Å². The lowest BCUT2D eigenvalue weighted by molar-refractivity contribution is -0.0637. The first-order chi connectivity index (χ1) is 6.78. The highest BCUT2D eigenvalue weighted by atomic mass is 16.6. The van der Waals surface area contributed by atoms with Crippen LogP contribution in [-0.2, 0) is 4.84 Å². The molecule has 4 N–H and O–H groups in total. The smallest absolute Gasteiger partial charge is 0.104 e. The molecule has 0 saturated carbocycles. The summed E-state index contributed by atoms with van der Waals surface area (Å²) in [6.45, 7) is 5.26. The van der Waals surface area contributed by atoms with Gasteiger partial charge >= 0.3 is 0 Å². The summed E-state index contributed by atoms with van der Waals surface area (Å²) in [6, 6.07) is 0. The summed E-state index contributed by atoms with van der Waals surface area (Å²) >= 11 is 0. The highest BCUT2D eigenvalue weighted by Crippen LogP contribution is 2.19. The van der Waals surface area contributed by atoms with E-state index in [0.29, 0.717) is 0 Å². The molecule has 5 heteroatoms. The lowest BCUT2D eigenvalue weighted by Gasteiger charge is -2.41. The Kier molecular flexibility index (Phi) is 3.35. The Morgan fingerprint density at radius 1 is 1.21 bits per heavy atom. The molecule has 82 valence electrons.